The van der Waals surface area contributed by atoms with E-state index >= 15 is 0 Å². The Morgan fingerprint density at radius 2 is 1.77 bits per heavy atom. The highest BCUT2D eigenvalue weighted by Gasteiger charge is 2.17. The summed E-state index contributed by atoms with van der Waals surface area (Å²) in [7, 11) is 0. The quantitative estimate of drug-likeness (QED) is 0.842. The molecular weight excluding hydrogens is 274 g/mol. The van der Waals surface area contributed by atoms with E-state index in [4.69, 9.17) is 0 Å². The van der Waals surface area contributed by atoms with Gasteiger partial charge in [-0.15, -0.1) is 0 Å². The fourth-order valence-electron chi connectivity index (χ4n) is 2.51. The first-order valence-electron chi connectivity index (χ1n) is 7.94. The third-order valence-corrected chi connectivity index (χ3v) is 3.96. The van der Waals surface area contributed by atoms with Crippen LogP contribution in [0.3, 0.4) is 0 Å². The van der Waals surface area contributed by atoms with E-state index in [1.807, 2.05) is 31.5 Å². The van der Waals surface area contributed by atoms with Gasteiger partial charge in [0.2, 0.25) is 0 Å². The van der Waals surface area contributed by atoms with Crippen molar-refractivity contribution in [1.29, 1.82) is 0 Å². The van der Waals surface area contributed by atoms with Crippen LogP contribution in [0.2, 0.25) is 0 Å². The van der Waals surface area contributed by atoms with Crippen molar-refractivity contribution in [2.24, 2.45) is 0 Å². The van der Waals surface area contributed by atoms with Crippen LogP contribution >= 0.6 is 0 Å². The normalized spacial score (nSPS) is 11.0. The Kier molecular flexibility index (Phi) is 5.01. The molecular formula is C18H25N3O. The lowest BCUT2D eigenvalue weighted by Gasteiger charge is -2.16. The first kappa shape index (κ1) is 16.3. The number of carbonyl (C=O) groups is 1. The van der Waals surface area contributed by atoms with Crippen LogP contribution in [0.15, 0.2) is 30.3 Å². The van der Waals surface area contributed by atoms with Crippen LogP contribution < -0.4 is 0 Å². The molecule has 0 N–H and O–H groups in total. The Balaban J connectivity index is 2.31. The average molecular weight is 299 g/mol. The summed E-state index contributed by atoms with van der Waals surface area (Å²) in [6, 6.07) is 10.2. The minimum absolute atomic E-state index is 0.00866. The van der Waals surface area contributed by atoms with Gasteiger partial charge in [0.1, 0.15) is 0 Å². The van der Waals surface area contributed by atoms with E-state index in [9.17, 15) is 4.79 Å². The molecule has 0 atom stereocenters. The first-order valence-corrected chi connectivity index (χ1v) is 7.94. The summed E-state index contributed by atoms with van der Waals surface area (Å²) in [5.41, 5.74) is 3.76. The monoisotopic (exact) mass is 299 g/mol. The van der Waals surface area contributed by atoms with Crippen molar-refractivity contribution in [2.75, 3.05) is 13.1 Å². The molecule has 0 aliphatic heterocycles. The average Bonchev–Trinajstić information content (AvgIpc) is 2.90. The number of rotatable bonds is 5. The topological polar surface area (TPSA) is 38.1 Å². The minimum atomic E-state index is -0.00866. The second-order valence-electron chi connectivity index (χ2n) is 5.81. The van der Waals surface area contributed by atoms with Crippen molar-refractivity contribution in [1.82, 2.24) is 14.7 Å². The lowest BCUT2D eigenvalue weighted by molar-refractivity contribution is 0.0766. The zero-order valence-electron chi connectivity index (χ0n) is 14.1. The fourth-order valence-corrected chi connectivity index (χ4v) is 2.51. The molecule has 1 aromatic carbocycles. The molecule has 1 heterocycles. The molecule has 0 saturated carbocycles. The van der Waals surface area contributed by atoms with Crippen LogP contribution in [0, 0.1) is 6.92 Å². The fraction of sp³-hybridized carbons (Fsp3) is 0.444. The van der Waals surface area contributed by atoms with E-state index in [-0.39, 0.29) is 5.91 Å². The molecule has 0 bridgehead atoms. The van der Waals surface area contributed by atoms with E-state index in [0.29, 0.717) is 24.7 Å². The number of aryl methyl sites for hydroxylation is 1. The van der Waals surface area contributed by atoms with Crippen molar-refractivity contribution in [3.05, 3.63) is 47.3 Å². The molecule has 2 aromatic rings. The third-order valence-electron chi connectivity index (χ3n) is 3.96. The van der Waals surface area contributed by atoms with Crippen molar-refractivity contribution in [3.8, 4) is 5.69 Å². The Morgan fingerprint density at radius 1 is 1.18 bits per heavy atom. The second-order valence-corrected chi connectivity index (χ2v) is 5.81. The van der Waals surface area contributed by atoms with Gasteiger partial charge < -0.3 is 4.90 Å². The lowest BCUT2D eigenvalue weighted by atomic mass is 10.0. The molecule has 118 valence electrons. The van der Waals surface area contributed by atoms with Crippen molar-refractivity contribution in [3.63, 3.8) is 0 Å². The molecule has 0 radical (unpaired) electrons. The molecule has 1 aromatic heterocycles. The zero-order valence-corrected chi connectivity index (χ0v) is 14.1. The Hall–Kier alpha value is -2.10. The first-order chi connectivity index (χ1) is 10.5. The molecule has 4 nitrogen and oxygen atoms in total. The van der Waals surface area contributed by atoms with Gasteiger partial charge in [0.25, 0.3) is 5.91 Å². The maximum Gasteiger partial charge on any atom is 0.274 e. The van der Waals surface area contributed by atoms with Gasteiger partial charge in [0.05, 0.1) is 5.69 Å². The van der Waals surface area contributed by atoms with E-state index in [2.05, 4.69) is 43.2 Å². The van der Waals surface area contributed by atoms with Crippen LogP contribution in [0.1, 0.15) is 55.4 Å². The van der Waals surface area contributed by atoms with Gasteiger partial charge in [-0.05, 0) is 50.5 Å². The molecule has 2 rings (SSSR count). The number of hydrogen-bond donors (Lipinski definition) is 0. The minimum Gasteiger partial charge on any atom is -0.338 e. The molecule has 0 unspecified atom stereocenters. The molecule has 22 heavy (non-hydrogen) atoms. The van der Waals surface area contributed by atoms with Crippen molar-refractivity contribution >= 4 is 5.91 Å². The molecule has 1 amide bonds. The van der Waals surface area contributed by atoms with Crippen LogP contribution in [-0.2, 0) is 0 Å². The summed E-state index contributed by atoms with van der Waals surface area (Å²) in [5, 5.41) is 4.50. The van der Waals surface area contributed by atoms with E-state index < -0.39 is 0 Å². The summed E-state index contributed by atoms with van der Waals surface area (Å²) < 4.78 is 1.83. The van der Waals surface area contributed by atoms with Gasteiger partial charge in [-0.2, -0.15) is 5.10 Å². The molecule has 0 spiro atoms. The number of amides is 1. The van der Waals surface area contributed by atoms with Crippen LogP contribution in [0.25, 0.3) is 5.69 Å². The van der Waals surface area contributed by atoms with Gasteiger partial charge in [-0.1, -0.05) is 26.0 Å². The molecule has 0 aliphatic carbocycles. The van der Waals surface area contributed by atoms with E-state index in [1.165, 1.54) is 5.56 Å². The summed E-state index contributed by atoms with van der Waals surface area (Å²) in [4.78, 5) is 14.2. The van der Waals surface area contributed by atoms with Crippen LogP contribution in [0.5, 0.6) is 0 Å². The number of nitrogens with zero attached hydrogens (tertiary/aromatic N) is 3. The number of benzene rings is 1. The molecule has 0 fully saturated rings. The van der Waals surface area contributed by atoms with Crippen LogP contribution in [-0.4, -0.2) is 33.7 Å². The lowest BCUT2D eigenvalue weighted by Crippen LogP contribution is -2.30. The Bertz CT molecular complexity index is 637. The predicted octanol–water partition coefficient (Wildman–Crippen LogP) is 3.79. The van der Waals surface area contributed by atoms with Crippen LogP contribution in [0.4, 0.5) is 0 Å². The molecule has 0 saturated heterocycles. The van der Waals surface area contributed by atoms with E-state index in [1.54, 1.807) is 4.90 Å². The van der Waals surface area contributed by atoms with Gasteiger partial charge in [0.15, 0.2) is 5.69 Å². The zero-order chi connectivity index (χ0) is 16.3. The predicted molar refractivity (Wildman–Crippen MR) is 89.6 cm³/mol. The van der Waals surface area contributed by atoms with Gasteiger partial charge >= 0.3 is 0 Å². The Morgan fingerprint density at radius 3 is 2.27 bits per heavy atom. The third kappa shape index (κ3) is 3.21. The summed E-state index contributed by atoms with van der Waals surface area (Å²) in [6.07, 6.45) is 0. The second kappa shape index (κ2) is 6.77. The standard InChI is InChI=1S/C18H25N3O/c1-6-20(7-2)18(22)17-12-14(5)21(19-17)16-10-8-15(9-11-16)13(3)4/h8-13H,6-7H2,1-5H3. The SMILES string of the molecule is CCN(CC)C(=O)c1cc(C)n(-c2ccc(C(C)C)cc2)n1. The highest BCUT2D eigenvalue weighted by atomic mass is 16.2. The van der Waals surface area contributed by atoms with Gasteiger partial charge in [0, 0.05) is 18.8 Å². The highest BCUT2D eigenvalue weighted by molar-refractivity contribution is 5.92. The highest BCUT2D eigenvalue weighted by Crippen LogP contribution is 2.18. The van der Waals surface area contributed by atoms with Gasteiger partial charge in [-0.25, -0.2) is 4.68 Å². The summed E-state index contributed by atoms with van der Waals surface area (Å²) >= 11 is 0. The molecule has 0 aliphatic rings. The molecule has 4 heteroatoms. The van der Waals surface area contributed by atoms with E-state index in [0.717, 1.165) is 11.4 Å². The van der Waals surface area contributed by atoms with Crippen molar-refractivity contribution < 1.29 is 4.79 Å². The largest absolute Gasteiger partial charge is 0.338 e. The number of carbonyl (C=O) groups excluding carboxylic acids is 1. The summed E-state index contributed by atoms with van der Waals surface area (Å²) in [6.45, 7) is 11.7. The van der Waals surface area contributed by atoms with Gasteiger partial charge in [-0.3, -0.25) is 4.79 Å². The Labute approximate surface area is 132 Å². The maximum atomic E-state index is 12.4. The smallest absolute Gasteiger partial charge is 0.274 e. The number of aromatic nitrogens is 2. The maximum absolute atomic E-state index is 12.4. The van der Waals surface area contributed by atoms with Crippen molar-refractivity contribution in [2.45, 2.75) is 40.5 Å². The number of hydrogen-bond acceptors (Lipinski definition) is 2. The summed E-state index contributed by atoms with van der Waals surface area (Å²) in [5.74, 6) is 0.498.